The maximum Gasteiger partial charge on any atom is 0.0859 e. The summed E-state index contributed by atoms with van der Waals surface area (Å²) < 4.78 is 2.18. The van der Waals surface area contributed by atoms with Crippen molar-refractivity contribution >= 4 is 0 Å². The lowest BCUT2D eigenvalue weighted by Crippen LogP contribution is -2.17. The average molecular weight is 263 g/mol. The summed E-state index contributed by atoms with van der Waals surface area (Å²) in [7, 11) is 0. The van der Waals surface area contributed by atoms with Crippen LogP contribution in [0.2, 0.25) is 0 Å². The average Bonchev–Trinajstić information content (AvgIpc) is 2.62. The Morgan fingerprint density at radius 1 is 1.16 bits per heavy atom. The smallest absolute Gasteiger partial charge is 0.0859 e. The molecule has 0 aromatic carbocycles. The summed E-state index contributed by atoms with van der Waals surface area (Å²) in [5.74, 6) is 2.26. The molecule has 1 aromatic rings. The van der Waals surface area contributed by atoms with Crippen LogP contribution < -0.4 is 0 Å². The highest BCUT2D eigenvalue weighted by atomic mass is 15.4. The van der Waals surface area contributed by atoms with Gasteiger partial charge >= 0.3 is 0 Å². The van der Waals surface area contributed by atoms with E-state index in [2.05, 4.69) is 42.7 Å². The summed E-state index contributed by atoms with van der Waals surface area (Å²) in [6.45, 7) is 10.2. The number of nitrogens with zero attached hydrogens (tertiary/aromatic N) is 3. The van der Waals surface area contributed by atoms with E-state index < -0.39 is 0 Å². The van der Waals surface area contributed by atoms with E-state index >= 15 is 0 Å². The third-order valence-electron chi connectivity index (χ3n) is 4.02. The van der Waals surface area contributed by atoms with Gasteiger partial charge in [-0.1, -0.05) is 45.7 Å². The van der Waals surface area contributed by atoms with E-state index in [-0.39, 0.29) is 0 Å². The van der Waals surface area contributed by atoms with Gasteiger partial charge in [-0.05, 0) is 43.4 Å². The van der Waals surface area contributed by atoms with Gasteiger partial charge < -0.3 is 0 Å². The second kappa shape index (κ2) is 6.53. The Balaban J connectivity index is 2.17. The molecule has 0 saturated carbocycles. The highest BCUT2D eigenvalue weighted by Gasteiger charge is 2.21. The molecule has 0 aliphatic heterocycles. The van der Waals surface area contributed by atoms with Crippen molar-refractivity contribution in [1.82, 2.24) is 15.0 Å². The van der Waals surface area contributed by atoms with E-state index in [0.29, 0.717) is 5.92 Å². The minimum atomic E-state index is 0.639. The lowest BCUT2D eigenvalue weighted by molar-refractivity contribution is 0.351. The standard InChI is InChI=1S/C16H29N3/c1-12(2)9-14-7-5-6-8-15-16(10-14)19(18-17-15)11-13(3)4/h12-14H,5-11H2,1-4H3. The molecular weight excluding hydrogens is 234 g/mol. The van der Waals surface area contributed by atoms with Gasteiger partial charge in [-0.25, -0.2) is 4.68 Å². The molecule has 2 rings (SSSR count). The van der Waals surface area contributed by atoms with Crippen molar-refractivity contribution in [3.63, 3.8) is 0 Å². The van der Waals surface area contributed by atoms with E-state index in [9.17, 15) is 0 Å². The van der Waals surface area contributed by atoms with Crippen LogP contribution in [0.4, 0.5) is 0 Å². The van der Waals surface area contributed by atoms with Crippen molar-refractivity contribution in [1.29, 1.82) is 0 Å². The fraction of sp³-hybridized carbons (Fsp3) is 0.875. The summed E-state index contributed by atoms with van der Waals surface area (Å²) in [5.41, 5.74) is 2.70. The maximum atomic E-state index is 4.44. The Bertz CT molecular complexity index is 393. The van der Waals surface area contributed by atoms with E-state index in [1.807, 2.05) is 0 Å². The van der Waals surface area contributed by atoms with Gasteiger partial charge in [0.25, 0.3) is 0 Å². The zero-order valence-electron chi connectivity index (χ0n) is 13.0. The van der Waals surface area contributed by atoms with Gasteiger partial charge in [0, 0.05) is 6.54 Å². The number of aryl methyl sites for hydroxylation is 1. The second-order valence-electron chi connectivity index (χ2n) is 7.00. The molecule has 1 atom stereocenters. The summed E-state index contributed by atoms with van der Waals surface area (Å²) in [4.78, 5) is 0. The molecule has 0 spiro atoms. The van der Waals surface area contributed by atoms with Crippen LogP contribution in [0.15, 0.2) is 0 Å². The molecule has 0 radical (unpaired) electrons. The Labute approximate surface area is 117 Å². The predicted molar refractivity (Wildman–Crippen MR) is 79.1 cm³/mol. The van der Waals surface area contributed by atoms with Crippen LogP contribution in [-0.2, 0) is 19.4 Å². The Hall–Kier alpha value is -0.860. The van der Waals surface area contributed by atoms with Gasteiger partial charge in [-0.15, -0.1) is 5.10 Å². The molecule has 1 aromatic heterocycles. The molecule has 0 saturated heterocycles. The van der Waals surface area contributed by atoms with Gasteiger partial charge in [0.15, 0.2) is 0 Å². The molecular formula is C16H29N3. The van der Waals surface area contributed by atoms with Crippen LogP contribution in [-0.4, -0.2) is 15.0 Å². The van der Waals surface area contributed by atoms with Gasteiger partial charge in [-0.3, -0.25) is 0 Å². The SMILES string of the molecule is CC(C)CC1CCCCc2nnn(CC(C)C)c2C1. The lowest BCUT2D eigenvalue weighted by Gasteiger charge is -2.22. The first-order valence-electron chi connectivity index (χ1n) is 7.97. The first-order valence-corrected chi connectivity index (χ1v) is 7.97. The largest absolute Gasteiger partial charge is 0.249 e. The molecule has 0 N–H and O–H groups in total. The lowest BCUT2D eigenvalue weighted by atomic mass is 9.85. The number of rotatable bonds is 4. The zero-order chi connectivity index (χ0) is 13.8. The number of fused-ring (bicyclic) bond motifs is 1. The van der Waals surface area contributed by atoms with E-state index in [1.165, 1.54) is 43.5 Å². The van der Waals surface area contributed by atoms with Crippen molar-refractivity contribution in [2.45, 2.75) is 72.8 Å². The summed E-state index contributed by atoms with van der Waals surface area (Å²) in [6, 6.07) is 0. The summed E-state index contributed by atoms with van der Waals surface area (Å²) in [6.07, 6.45) is 7.67. The predicted octanol–water partition coefficient (Wildman–Crippen LogP) is 3.87. The molecule has 0 amide bonds. The first kappa shape index (κ1) is 14.5. The Kier molecular flexibility index (Phi) is 5.00. The number of hydrogen-bond acceptors (Lipinski definition) is 2. The fourth-order valence-corrected chi connectivity index (χ4v) is 3.25. The highest BCUT2D eigenvalue weighted by molar-refractivity contribution is 5.12. The number of hydrogen-bond donors (Lipinski definition) is 0. The molecule has 1 heterocycles. The first-order chi connectivity index (χ1) is 9.06. The molecule has 19 heavy (non-hydrogen) atoms. The zero-order valence-corrected chi connectivity index (χ0v) is 13.0. The maximum absolute atomic E-state index is 4.44. The van der Waals surface area contributed by atoms with Crippen molar-refractivity contribution in [3.05, 3.63) is 11.4 Å². The third kappa shape index (κ3) is 4.05. The molecule has 0 fully saturated rings. The van der Waals surface area contributed by atoms with E-state index in [1.54, 1.807) is 0 Å². The van der Waals surface area contributed by atoms with Crippen LogP contribution >= 0.6 is 0 Å². The third-order valence-corrected chi connectivity index (χ3v) is 4.02. The molecule has 108 valence electrons. The van der Waals surface area contributed by atoms with Crippen LogP contribution in [0.25, 0.3) is 0 Å². The van der Waals surface area contributed by atoms with Gasteiger partial charge in [-0.2, -0.15) is 0 Å². The van der Waals surface area contributed by atoms with Crippen molar-refractivity contribution in [2.24, 2.45) is 17.8 Å². The molecule has 0 bridgehead atoms. The highest BCUT2D eigenvalue weighted by Crippen LogP contribution is 2.27. The van der Waals surface area contributed by atoms with Crippen molar-refractivity contribution in [3.8, 4) is 0 Å². The monoisotopic (exact) mass is 263 g/mol. The second-order valence-corrected chi connectivity index (χ2v) is 7.00. The molecule has 1 unspecified atom stereocenters. The van der Waals surface area contributed by atoms with Crippen LogP contribution in [0.5, 0.6) is 0 Å². The molecule has 3 nitrogen and oxygen atoms in total. The quantitative estimate of drug-likeness (QED) is 0.825. The van der Waals surface area contributed by atoms with Crippen LogP contribution in [0.3, 0.4) is 0 Å². The number of aromatic nitrogens is 3. The fourth-order valence-electron chi connectivity index (χ4n) is 3.25. The van der Waals surface area contributed by atoms with E-state index in [0.717, 1.165) is 24.8 Å². The normalized spacial score (nSPS) is 20.4. The molecule has 1 aliphatic carbocycles. The van der Waals surface area contributed by atoms with Gasteiger partial charge in [0.2, 0.25) is 0 Å². The molecule has 3 heteroatoms. The minimum absolute atomic E-state index is 0.639. The Morgan fingerprint density at radius 2 is 1.95 bits per heavy atom. The van der Waals surface area contributed by atoms with Gasteiger partial charge in [0.05, 0.1) is 11.4 Å². The van der Waals surface area contributed by atoms with Crippen molar-refractivity contribution in [2.75, 3.05) is 0 Å². The van der Waals surface area contributed by atoms with Crippen molar-refractivity contribution < 1.29 is 0 Å². The minimum Gasteiger partial charge on any atom is -0.249 e. The van der Waals surface area contributed by atoms with E-state index in [4.69, 9.17) is 0 Å². The van der Waals surface area contributed by atoms with Crippen LogP contribution in [0.1, 0.15) is 64.8 Å². The van der Waals surface area contributed by atoms with Crippen LogP contribution in [0, 0.1) is 17.8 Å². The van der Waals surface area contributed by atoms with Gasteiger partial charge in [0.1, 0.15) is 0 Å². The Morgan fingerprint density at radius 3 is 2.63 bits per heavy atom. The summed E-state index contributed by atoms with van der Waals surface area (Å²) >= 11 is 0. The summed E-state index contributed by atoms with van der Waals surface area (Å²) in [5, 5.41) is 8.84. The topological polar surface area (TPSA) is 30.7 Å². The molecule has 1 aliphatic rings.